The molecule has 1 aromatic rings. The fourth-order valence-corrected chi connectivity index (χ4v) is 2.66. The molecule has 0 saturated carbocycles. The Kier molecular flexibility index (Phi) is 6.73. The third-order valence-electron chi connectivity index (χ3n) is 3.99. The van der Waals surface area contributed by atoms with Gasteiger partial charge >= 0.3 is 6.18 Å². The molecule has 150 valence electrons. The largest absolute Gasteiger partial charge is 0.401 e. The second kappa shape index (κ2) is 8.63. The Morgan fingerprint density at radius 3 is 2.70 bits per heavy atom. The molecule has 27 heavy (non-hydrogen) atoms. The number of anilines is 2. The van der Waals surface area contributed by atoms with Crippen molar-refractivity contribution < 1.29 is 31.9 Å². The maximum absolute atomic E-state index is 14.3. The van der Waals surface area contributed by atoms with Crippen LogP contribution in [-0.2, 0) is 14.3 Å². The number of amides is 2. The van der Waals surface area contributed by atoms with Gasteiger partial charge in [-0.2, -0.15) is 13.2 Å². The molecule has 0 bridgehead atoms. The molecule has 1 aromatic carbocycles. The van der Waals surface area contributed by atoms with E-state index in [2.05, 4.69) is 5.32 Å². The lowest BCUT2D eigenvalue weighted by atomic mass is 10.2. The van der Waals surface area contributed by atoms with Crippen LogP contribution in [0.5, 0.6) is 0 Å². The van der Waals surface area contributed by atoms with Crippen LogP contribution >= 0.6 is 0 Å². The predicted octanol–water partition coefficient (Wildman–Crippen LogP) is 0.949. The Bertz CT molecular complexity index is 699. The Morgan fingerprint density at radius 2 is 2.15 bits per heavy atom. The Morgan fingerprint density at radius 1 is 1.44 bits per heavy atom. The SMILES string of the molecule is CN(CC(F)(F)F)[C@@H](CN)C(=O)Nc1ccc(N2CCOCC2=O)cc1F. The molecule has 1 fully saturated rings. The Hall–Kier alpha value is -2.24. The average Bonchev–Trinajstić information content (AvgIpc) is 2.56. The minimum Gasteiger partial charge on any atom is -0.370 e. The standard InChI is InChI=1S/C16H20F4N4O3/c1-23(9-16(18,19)20)13(7-21)15(26)22-12-3-2-10(6-11(12)17)24-4-5-27-8-14(24)25/h2-3,6,13H,4-5,7-9,21H2,1H3,(H,22,26)/t13-/m0/s1. The maximum Gasteiger partial charge on any atom is 0.401 e. The molecule has 3 N–H and O–H groups in total. The van der Waals surface area contributed by atoms with E-state index >= 15 is 0 Å². The van der Waals surface area contributed by atoms with E-state index in [0.717, 1.165) is 18.0 Å². The summed E-state index contributed by atoms with van der Waals surface area (Å²) in [6.07, 6.45) is -4.50. The zero-order chi connectivity index (χ0) is 20.2. The molecule has 0 radical (unpaired) electrons. The number of likely N-dealkylation sites (N-methyl/N-ethyl adjacent to an activating group) is 1. The first kappa shape index (κ1) is 21.1. The first-order chi connectivity index (χ1) is 12.6. The van der Waals surface area contributed by atoms with Gasteiger partial charge in [0.1, 0.15) is 18.5 Å². The number of carbonyl (C=O) groups is 2. The minimum absolute atomic E-state index is 0.107. The Labute approximate surface area is 153 Å². The van der Waals surface area contributed by atoms with Crippen LogP contribution in [0.3, 0.4) is 0 Å². The monoisotopic (exact) mass is 392 g/mol. The van der Waals surface area contributed by atoms with Gasteiger partial charge in [0.25, 0.3) is 5.91 Å². The molecule has 0 aliphatic carbocycles. The van der Waals surface area contributed by atoms with E-state index in [0.29, 0.717) is 12.3 Å². The van der Waals surface area contributed by atoms with E-state index in [1.807, 2.05) is 0 Å². The fraction of sp³-hybridized carbons (Fsp3) is 0.500. The third kappa shape index (κ3) is 5.62. The van der Waals surface area contributed by atoms with Crippen LogP contribution in [0.2, 0.25) is 0 Å². The number of halogens is 4. The summed E-state index contributed by atoms with van der Waals surface area (Å²) >= 11 is 0. The van der Waals surface area contributed by atoms with Crippen LogP contribution in [0, 0.1) is 5.82 Å². The van der Waals surface area contributed by atoms with Gasteiger partial charge in [-0.15, -0.1) is 0 Å². The smallest absolute Gasteiger partial charge is 0.370 e. The average molecular weight is 392 g/mol. The van der Waals surface area contributed by atoms with Crippen LogP contribution in [0.15, 0.2) is 18.2 Å². The predicted molar refractivity (Wildman–Crippen MR) is 89.7 cm³/mol. The van der Waals surface area contributed by atoms with Gasteiger partial charge in [-0.25, -0.2) is 4.39 Å². The van der Waals surface area contributed by atoms with E-state index in [1.54, 1.807) is 0 Å². The zero-order valence-electron chi connectivity index (χ0n) is 14.6. The lowest BCUT2D eigenvalue weighted by Crippen LogP contribution is -2.49. The number of morpholine rings is 1. The van der Waals surface area contributed by atoms with Gasteiger partial charge < -0.3 is 20.7 Å². The summed E-state index contributed by atoms with van der Waals surface area (Å²) < 4.78 is 56.8. The maximum atomic E-state index is 14.3. The van der Waals surface area contributed by atoms with Gasteiger partial charge in [-0.1, -0.05) is 0 Å². The van der Waals surface area contributed by atoms with Crippen LogP contribution in [0.1, 0.15) is 0 Å². The number of benzene rings is 1. The number of nitrogens with one attached hydrogen (secondary N) is 1. The van der Waals surface area contributed by atoms with E-state index in [-0.39, 0.29) is 31.3 Å². The van der Waals surface area contributed by atoms with Crippen LogP contribution in [-0.4, -0.2) is 68.8 Å². The lowest BCUT2D eigenvalue weighted by molar-refractivity contribution is -0.150. The molecule has 7 nitrogen and oxygen atoms in total. The molecule has 0 unspecified atom stereocenters. The van der Waals surface area contributed by atoms with Crippen molar-refractivity contribution in [3.05, 3.63) is 24.0 Å². The van der Waals surface area contributed by atoms with Crippen molar-refractivity contribution in [3.63, 3.8) is 0 Å². The molecule has 11 heteroatoms. The van der Waals surface area contributed by atoms with Gasteiger partial charge in [0, 0.05) is 18.8 Å². The molecule has 0 aromatic heterocycles. The highest BCUT2D eigenvalue weighted by atomic mass is 19.4. The number of alkyl halides is 3. The molecule has 1 heterocycles. The summed E-state index contributed by atoms with van der Waals surface area (Å²) in [6.45, 7) is -1.23. The number of carbonyl (C=O) groups excluding carboxylic acids is 2. The highest BCUT2D eigenvalue weighted by Gasteiger charge is 2.34. The fourth-order valence-electron chi connectivity index (χ4n) is 2.66. The molecule has 1 atom stereocenters. The second-order valence-corrected chi connectivity index (χ2v) is 6.03. The molecule has 0 spiro atoms. The molecule has 2 amide bonds. The third-order valence-corrected chi connectivity index (χ3v) is 3.99. The van der Waals surface area contributed by atoms with Gasteiger partial charge in [0.15, 0.2) is 0 Å². The second-order valence-electron chi connectivity index (χ2n) is 6.03. The van der Waals surface area contributed by atoms with Crippen molar-refractivity contribution in [3.8, 4) is 0 Å². The molecule has 1 aliphatic heterocycles. The van der Waals surface area contributed by atoms with E-state index in [1.165, 1.54) is 17.0 Å². The highest BCUT2D eigenvalue weighted by molar-refractivity contribution is 5.97. The molecular formula is C16H20F4N4O3. The van der Waals surface area contributed by atoms with Crippen molar-refractivity contribution in [2.45, 2.75) is 12.2 Å². The van der Waals surface area contributed by atoms with E-state index in [4.69, 9.17) is 10.5 Å². The summed E-state index contributed by atoms with van der Waals surface area (Å²) in [6, 6.07) is 2.45. The summed E-state index contributed by atoms with van der Waals surface area (Å²) in [5, 5.41) is 2.24. The number of rotatable bonds is 6. The highest BCUT2D eigenvalue weighted by Crippen LogP contribution is 2.24. The van der Waals surface area contributed by atoms with E-state index in [9.17, 15) is 27.2 Å². The summed E-state index contributed by atoms with van der Waals surface area (Å²) in [5.41, 5.74) is 5.48. The molecule has 2 rings (SSSR count). The summed E-state index contributed by atoms with van der Waals surface area (Å²) in [7, 11) is 1.11. The van der Waals surface area contributed by atoms with Crippen LogP contribution < -0.4 is 16.0 Å². The van der Waals surface area contributed by atoms with Crippen molar-refractivity contribution in [2.24, 2.45) is 5.73 Å². The van der Waals surface area contributed by atoms with Gasteiger partial charge in [-0.05, 0) is 25.2 Å². The van der Waals surface area contributed by atoms with Gasteiger partial charge in [0.2, 0.25) is 5.91 Å². The minimum atomic E-state index is -4.50. The first-order valence-corrected chi connectivity index (χ1v) is 8.08. The molecule has 1 aliphatic rings. The number of nitrogens with two attached hydrogens (primary N) is 1. The quantitative estimate of drug-likeness (QED) is 0.704. The molecule has 1 saturated heterocycles. The number of nitrogens with zero attached hydrogens (tertiary/aromatic N) is 2. The number of ether oxygens (including phenoxy) is 1. The van der Waals surface area contributed by atoms with Crippen molar-refractivity contribution in [2.75, 3.05) is 50.1 Å². The van der Waals surface area contributed by atoms with Crippen molar-refractivity contribution in [1.82, 2.24) is 4.90 Å². The van der Waals surface area contributed by atoms with E-state index < -0.39 is 30.5 Å². The zero-order valence-corrected chi connectivity index (χ0v) is 14.6. The molecular weight excluding hydrogens is 372 g/mol. The number of hydrogen-bond acceptors (Lipinski definition) is 5. The topological polar surface area (TPSA) is 87.9 Å². The van der Waals surface area contributed by atoms with Gasteiger partial charge in [-0.3, -0.25) is 14.5 Å². The van der Waals surface area contributed by atoms with Gasteiger partial charge in [0.05, 0.1) is 18.8 Å². The first-order valence-electron chi connectivity index (χ1n) is 8.08. The van der Waals surface area contributed by atoms with Crippen molar-refractivity contribution in [1.29, 1.82) is 0 Å². The van der Waals surface area contributed by atoms with Crippen LogP contribution in [0.25, 0.3) is 0 Å². The summed E-state index contributed by atoms with van der Waals surface area (Å²) in [5.74, 6) is -2.01. The normalized spacial score (nSPS) is 16.6. The van der Waals surface area contributed by atoms with Crippen LogP contribution in [0.4, 0.5) is 28.9 Å². The van der Waals surface area contributed by atoms with Crippen molar-refractivity contribution >= 4 is 23.2 Å². The lowest BCUT2D eigenvalue weighted by Gasteiger charge is -2.28. The number of hydrogen-bond donors (Lipinski definition) is 2. The Balaban J connectivity index is 2.09. The summed E-state index contributed by atoms with van der Waals surface area (Å²) in [4.78, 5) is 26.1.